The lowest BCUT2D eigenvalue weighted by Crippen LogP contribution is -2.29. The summed E-state index contributed by atoms with van der Waals surface area (Å²) in [6, 6.07) is 4.60. The lowest BCUT2D eigenvalue weighted by Gasteiger charge is -2.27. The van der Waals surface area contributed by atoms with E-state index in [0.717, 1.165) is 61.8 Å². The van der Waals surface area contributed by atoms with E-state index >= 15 is 0 Å². The summed E-state index contributed by atoms with van der Waals surface area (Å²) in [5, 5.41) is 16.9. The van der Waals surface area contributed by atoms with Gasteiger partial charge in [0.1, 0.15) is 5.82 Å². The molecule has 5 rings (SSSR count). The van der Waals surface area contributed by atoms with Crippen molar-refractivity contribution in [2.24, 2.45) is 5.92 Å². The molecule has 172 valence electrons. The van der Waals surface area contributed by atoms with E-state index in [1.807, 2.05) is 12.4 Å². The van der Waals surface area contributed by atoms with E-state index in [1.165, 1.54) is 50.8 Å². The Morgan fingerprint density at radius 3 is 2.50 bits per heavy atom. The Morgan fingerprint density at radius 1 is 0.969 bits per heavy atom. The highest BCUT2D eigenvalue weighted by atomic mass is 16.3. The summed E-state index contributed by atoms with van der Waals surface area (Å²) in [6.07, 6.45) is 13.8. The average molecular weight is 437 g/mol. The molecule has 2 aliphatic carbocycles. The molecular formula is C25H36N6O. The monoisotopic (exact) mass is 436 g/mol. The molecular weight excluding hydrogens is 400 g/mol. The minimum absolute atomic E-state index is 0.164. The largest absolute Gasteiger partial charge is 0.393 e. The maximum absolute atomic E-state index is 9.87. The summed E-state index contributed by atoms with van der Waals surface area (Å²) in [5.74, 6) is 2.41. The number of aromatic nitrogens is 3. The summed E-state index contributed by atoms with van der Waals surface area (Å²) in [6.45, 7) is 4.27. The number of pyridine rings is 1. The molecule has 7 heteroatoms. The van der Waals surface area contributed by atoms with Crippen molar-refractivity contribution < 1.29 is 5.11 Å². The van der Waals surface area contributed by atoms with Crippen molar-refractivity contribution in [1.82, 2.24) is 19.9 Å². The Morgan fingerprint density at radius 2 is 1.78 bits per heavy atom. The van der Waals surface area contributed by atoms with Gasteiger partial charge < -0.3 is 15.7 Å². The van der Waals surface area contributed by atoms with Crippen molar-refractivity contribution in [2.75, 3.05) is 30.3 Å². The molecule has 3 fully saturated rings. The molecule has 0 amide bonds. The predicted molar refractivity (Wildman–Crippen MR) is 127 cm³/mol. The van der Waals surface area contributed by atoms with Crippen LogP contribution in [0, 0.1) is 5.92 Å². The minimum atomic E-state index is -0.164. The van der Waals surface area contributed by atoms with Gasteiger partial charge in [0.05, 0.1) is 17.4 Å². The second kappa shape index (κ2) is 10.1. The fourth-order valence-corrected chi connectivity index (χ4v) is 4.85. The summed E-state index contributed by atoms with van der Waals surface area (Å²) < 4.78 is 0. The predicted octanol–water partition coefficient (Wildman–Crippen LogP) is 4.06. The van der Waals surface area contributed by atoms with Crippen LogP contribution in [0.4, 0.5) is 11.8 Å². The van der Waals surface area contributed by atoms with Gasteiger partial charge in [-0.15, -0.1) is 0 Å². The maximum atomic E-state index is 9.87. The van der Waals surface area contributed by atoms with Crippen LogP contribution in [0.15, 0.2) is 24.5 Å². The van der Waals surface area contributed by atoms with Crippen LogP contribution in [0.1, 0.15) is 63.4 Å². The van der Waals surface area contributed by atoms with Gasteiger partial charge in [-0.1, -0.05) is 18.9 Å². The van der Waals surface area contributed by atoms with E-state index < -0.39 is 0 Å². The highest BCUT2D eigenvalue weighted by molar-refractivity contribution is 5.73. The number of aliphatic hydroxyl groups excluding tert-OH is 1. The Kier molecular flexibility index (Phi) is 6.83. The first-order chi connectivity index (χ1) is 15.7. The fourth-order valence-electron chi connectivity index (χ4n) is 4.85. The molecule has 1 aliphatic heterocycles. The first-order valence-corrected chi connectivity index (χ1v) is 12.5. The SMILES string of the molecule is OC1CCC(Nc2nc(NCCC3CC3)ncc2-c2ccc(CN3CCCC3)cn2)CC1. The van der Waals surface area contributed by atoms with Gasteiger partial charge in [0.2, 0.25) is 5.95 Å². The first kappa shape index (κ1) is 21.6. The molecule has 0 unspecified atom stereocenters. The molecule has 3 N–H and O–H groups in total. The lowest BCUT2D eigenvalue weighted by atomic mass is 9.93. The zero-order chi connectivity index (χ0) is 21.8. The fraction of sp³-hybridized carbons (Fsp3) is 0.640. The van der Waals surface area contributed by atoms with Crippen LogP contribution in [0.5, 0.6) is 0 Å². The molecule has 0 spiro atoms. The van der Waals surface area contributed by atoms with Crippen molar-refractivity contribution in [2.45, 2.75) is 76.5 Å². The summed E-state index contributed by atoms with van der Waals surface area (Å²) >= 11 is 0. The maximum Gasteiger partial charge on any atom is 0.224 e. The smallest absolute Gasteiger partial charge is 0.224 e. The molecule has 2 saturated carbocycles. The van der Waals surface area contributed by atoms with Gasteiger partial charge in [0, 0.05) is 31.5 Å². The van der Waals surface area contributed by atoms with E-state index in [0.29, 0.717) is 12.0 Å². The second-order valence-electron chi connectivity index (χ2n) is 9.80. The second-order valence-corrected chi connectivity index (χ2v) is 9.80. The van der Waals surface area contributed by atoms with Crippen molar-refractivity contribution in [3.8, 4) is 11.3 Å². The molecule has 0 atom stereocenters. The number of hydrogen-bond acceptors (Lipinski definition) is 7. The van der Waals surface area contributed by atoms with Crippen LogP contribution in [-0.4, -0.2) is 56.7 Å². The standard InChI is InChI=1S/C25H36N6O/c32-21-8-6-20(7-9-21)29-24-22(16-28-25(30-24)26-12-11-18-3-4-18)23-10-5-19(15-27-23)17-31-13-1-2-14-31/h5,10,15-16,18,20-21,32H,1-4,6-9,11-14,17H2,(H2,26,28,29,30). The Balaban J connectivity index is 1.31. The van der Waals surface area contributed by atoms with E-state index in [9.17, 15) is 5.11 Å². The van der Waals surface area contributed by atoms with Gasteiger partial charge in [0.25, 0.3) is 0 Å². The molecule has 0 bridgehead atoms. The van der Waals surface area contributed by atoms with Crippen LogP contribution in [0.2, 0.25) is 0 Å². The molecule has 7 nitrogen and oxygen atoms in total. The van der Waals surface area contributed by atoms with Crippen molar-refractivity contribution in [3.63, 3.8) is 0 Å². The van der Waals surface area contributed by atoms with Gasteiger partial charge in [-0.3, -0.25) is 9.88 Å². The molecule has 2 aromatic rings. The normalized spacial score (nSPS) is 23.9. The highest BCUT2D eigenvalue weighted by Gasteiger charge is 2.23. The number of hydrogen-bond donors (Lipinski definition) is 3. The minimum Gasteiger partial charge on any atom is -0.393 e. The zero-order valence-corrected chi connectivity index (χ0v) is 19.0. The first-order valence-electron chi connectivity index (χ1n) is 12.5. The lowest BCUT2D eigenvalue weighted by molar-refractivity contribution is 0.126. The Labute approximate surface area is 191 Å². The van der Waals surface area contributed by atoms with Gasteiger partial charge in [-0.25, -0.2) is 4.98 Å². The molecule has 3 aliphatic rings. The number of nitrogens with one attached hydrogen (secondary N) is 2. The molecule has 0 aromatic carbocycles. The van der Waals surface area contributed by atoms with Gasteiger partial charge in [0.15, 0.2) is 0 Å². The molecule has 32 heavy (non-hydrogen) atoms. The van der Waals surface area contributed by atoms with Gasteiger partial charge in [-0.2, -0.15) is 4.98 Å². The van der Waals surface area contributed by atoms with Crippen LogP contribution < -0.4 is 10.6 Å². The van der Waals surface area contributed by atoms with E-state index in [-0.39, 0.29) is 6.10 Å². The Bertz CT molecular complexity index is 871. The quantitative estimate of drug-likeness (QED) is 0.546. The summed E-state index contributed by atoms with van der Waals surface area (Å²) in [7, 11) is 0. The number of aliphatic hydroxyl groups is 1. The van der Waals surface area contributed by atoms with E-state index in [4.69, 9.17) is 9.97 Å². The third-order valence-electron chi connectivity index (χ3n) is 7.06. The zero-order valence-electron chi connectivity index (χ0n) is 19.0. The molecule has 3 heterocycles. The summed E-state index contributed by atoms with van der Waals surface area (Å²) in [4.78, 5) is 16.7. The highest BCUT2D eigenvalue weighted by Crippen LogP contribution is 2.32. The van der Waals surface area contributed by atoms with Crippen LogP contribution >= 0.6 is 0 Å². The van der Waals surface area contributed by atoms with Crippen LogP contribution in [0.3, 0.4) is 0 Å². The van der Waals surface area contributed by atoms with Crippen LogP contribution in [0.25, 0.3) is 11.3 Å². The van der Waals surface area contributed by atoms with Gasteiger partial charge >= 0.3 is 0 Å². The Hall–Kier alpha value is -2.25. The topological polar surface area (TPSA) is 86.2 Å². The number of rotatable bonds is 9. The molecule has 1 saturated heterocycles. The number of nitrogens with zero attached hydrogens (tertiary/aromatic N) is 4. The molecule has 0 radical (unpaired) electrons. The van der Waals surface area contributed by atoms with Crippen molar-refractivity contribution in [1.29, 1.82) is 0 Å². The van der Waals surface area contributed by atoms with E-state index in [2.05, 4.69) is 32.7 Å². The molecule has 2 aromatic heterocycles. The summed E-state index contributed by atoms with van der Waals surface area (Å²) in [5.41, 5.74) is 3.10. The van der Waals surface area contributed by atoms with Crippen LogP contribution in [-0.2, 0) is 6.54 Å². The third-order valence-corrected chi connectivity index (χ3v) is 7.06. The van der Waals surface area contributed by atoms with Crippen molar-refractivity contribution >= 4 is 11.8 Å². The third kappa shape index (κ3) is 5.75. The number of likely N-dealkylation sites (tertiary alicyclic amines) is 1. The van der Waals surface area contributed by atoms with E-state index in [1.54, 1.807) is 0 Å². The van der Waals surface area contributed by atoms with Gasteiger partial charge in [-0.05, 0) is 75.6 Å². The van der Waals surface area contributed by atoms with Crippen molar-refractivity contribution in [3.05, 3.63) is 30.1 Å². The number of anilines is 2. The average Bonchev–Trinajstić information content (AvgIpc) is 3.49.